The van der Waals surface area contributed by atoms with E-state index in [1.165, 1.54) is 55.1 Å². The van der Waals surface area contributed by atoms with Crippen LogP contribution < -0.4 is 4.90 Å². The standard InChI is InChI=1S/C23H29N5/c1-18-15-24-16-22(26-18)27-13-9-23(10-14-27)8-2-3-12-28(23)17-19-5-4-6-21-20(19)7-11-25-21/h4-7,11,15-16,25H,2-3,8-10,12-14,17H2,1H3. The third kappa shape index (κ3) is 3.18. The van der Waals surface area contributed by atoms with E-state index in [0.29, 0.717) is 5.54 Å². The van der Waals surface area contributed by atoms with Crippen LogP contribution in [0, 0.1) is 6.92 Å². The highest BCUT2D eigenvalue weighted by Crippen LogP contribution is 2.39. The molecule has 5 heteroatoms. The fraction of sp³-hybridized carbons (Fsp3) is 0.478. The molecule has 2 fully saturated rings. The van der Waals surface area contributed by atoms with Crippen molar-refractivity contribution in [2.45, 2.75) is 51.1 Å². The highest BCUT2D eigenvalue weighted by atomic mass is 15.3. The van der Waals surface area contributed by atoms with Crippen LogP contribution in [0.25, 0.3) is 10.9 Å². The van der Waals surface area contributed by atoms with Gasteiger partial charge in [0.1, 0.15) is 5.82 Å². The maximum Gasteiger partial charge on any atom is 0.147 e. The second-order valence-electron chi connectivity index (χ2n) is 8.46. The molecule has 3 aromatic rings. The quantitative estimate of drug-likeness (QED) is 0.742. The number of likely N-dealkylation sites (tertiary alicyclic amines) is 1. The van der Waals surface area contributed by atoms with Crippen molar-refractivity contribution in [1.82, 2.24) is 19.9 Å². The molecule has 0 atom stereocenters. The van der Waals surface area contributed by atoms with Gasteiger partial charge in [0.2, 0.25) is 0 Å². The minimum Gasteiger partial charge on any atom is -0.361 e. The van der Waals surface area contributed by atoms with E-state index in [-0.39, 0.29) is 0 Å². The van der Waals surface area contributed by atoms with Gasteiger partial charge in [-0.05, 0) is 56.8 Å². The zero-order valence-corrected chi connectivity index (χ0v) is 16.7. The van der Waals surface area contributed by atoms with Crippen LogP contribution in [0.1, 0.15) is 43.4 Å². The Morgan fingerprint density at radius 2 is 1.93 bits per heavy atom. The average molecular weight is 376 g/mol. The normalized spacial score (nSPS) is 20.1. The van der Waals surface area contributed by atoms with Gasteiger partial charge < -0.3 is 9.88 Å². The number of H-pyrrole nitrogens is 1. The molecule has 0 bridgehead atoms. The summed E-state index contributed by atoms with van der Waals surface area (Å²) >= 11 is 0. The summed E-state index contributed by atoms with van der Waals surface area (Å²) in [5.41, 5.74) is 4.03. The molecule has 0 saturated carbocycles. The molecule has 0 unspecified atom stereocenters. The van der Waals surface area contributed by atoms with E-state index in [4.69, 9.17) is 4.98 Å². The van der Waals surface area contributed by atoms with E-state index in [2.05, 4.69) is 50.2 Å². The summed E-state index contributed by atoms with van der Waals surface area (Å²) in [7, 11) is 0. The smallest absolute Gasteiger partial charge is 0.147 e. The molecule has 2 saturated heterocycles. The van der Waals surface area contributed by atoms with Crippen molar-refractivity contribution in [2.75, 3.05) is 24.5 Å². The first-order valence-corrected chi connectivity index (χ1v) is 10.6. The van der Waals surface area contributed by atoms with Crippen LogP contribution >= 0.6 is 0 Å². The van der Waals surface area contributed by atoms with Crippen molar-refractivity contribution in [3.8, 4) is 0 Å². The van der Waals surface area contributed by atoms with Crippen LogP contribution in [0.5, 0.6) is 0 Å². The van der Waals surface area contributed by atoms with E-state index in [1.54, 1.807) is 0 Å². The van der Waals surface area contributed by atoms with Crippen molar-refractivity contribution >= 4 is 16.7 Å². The number of fused-ring (bicyclic) bond motifs is 1. The van der Waals surface area contributed by atoms with Crippen molar-refractivity contribution in [3.05, 3.63) is 54.1 Å². The fourth-order valence-electron chi connectivity index (χ4n) is 5.21. The molecule has 2 aliphatic rings. The number of hydrogen-bond donors (Lipinski definition) is 1. The van der Waals surface area contributed by atoms with Gasteiger partial charge in [-0.2, -0.15) is 0 Å². The molecule has 0 radical (unpaired) electrons. The molecule has 5 rings (SSSR count). The van der Waals surface area contributed by atoms with Crippen LogP contribution in [0.3, 0.4) is 0 Å². The monoisotopic (exact) mass is 375 g/mol. The molecular formula is C23H29N5. The van der Waals surface area contributed by atoms with Gasteiger partial charge in [0, 0.05) is 48.5 Å². The van der Waals surface area contributed by atoms with E-state index >= 15 is 0 Å². The second-order valence-corrected chi connectivity index (χ2v) is 8.46. The number of piperidine rings is 2. The van der Waals surface area contributed by atoms with Gasteiger partial charge in [-0.3, -0.25) is 9.88 Å². The fourth-order valence-corrected chi connectivity index (χ4v) is 5.21. The third-order valence-corrected chi connectivity index (χ3v) is 6.80. The van der Waals surface area contributed by atoms with Gasteiger partial charge in [-0.25, -0.2) is 4.98 Å². The Balaban J connectivity index is 1.35. The first kappa shape index (κ1) is 17.7. The molecule has 0 amide bonds. The summed E-state index contributed by atoms with van der Waals surface area (Å²) in [6.07, 6.45) is 12.2. The number of aromatic amines is 1. The first-order valence-electron chi connectivity index (χ1n) is 10.6. The lowest BCUT2D eigenvalue weighted by Crippen LogP contribution is -2.57. The summed E-state index contributed by atoms with van der Waals surface area (Å²) in [5.74, 6) is 1.04. The Bertz CT molecular complexity index is 954. The molecule has 1 aromatic carbocycles. The summed E-state index contributed by atoms with van der Waals surface area (Å²) in [5, 5.41) is 1.37. The van der Waals surface area contributed by atoms with E-state index in [0.717, 1.165) is 31.1 Å². The number of rotatable bonds is 3. The van der Waals surface area contributed by atoms with E-state index < -0.39 is 0 Å². The third-order valence-electron chi connectivity index (χ3n) is 6.80. The lowest BCUT2D eigenvalue weighted by molar-refractivity contribution is 0.0186. The molecule has 2 aliphatic heterocycles. The van der Waals surface area contributed by atoms with Crippen LogP contribution in [-0.2, 0) is 6.54 Å². The number of nitrogens with one attached hydrogen (secondary N) is 1. The van der Waals surface area contributed by atoms with Crippen molar-refractivity contribution in [3.63, 3.8) is 0 Å². The highest BCUT2D eigenvalue weighted by Gasteiger charge is 2.41. The molecule has 146 valence electrons. The lowest BCUT2D eigenvalue weighted by atomic mass is 9.78. The van der Waals surface area contributed by atoms with Gasteiger partial charge in [0.05, 0.1) is 11.9 Å². The van der Waals surface area contributed by atoms with Gasteiger partial charge >= 0.3 is 0 Å². The number of aromatic nitrogens is 3. The second kappa shape index (κ2) is 7.21. The Hall–Kier alpha value is -2.40. The molecule has 5 nitrogen and oxygen atoms in total. The van der Waals surface area contributed by atoms with E-state index in [9.17, 15) is 0 Å². The molecule has 2 aromatic heterocycles. The minimum absolute atomic E-state index is 0.338. The summed E-state index contributed by atoms with van der Waals surface area (Å²) in [4.78, 5) is 17.6. The van der Waals surface area contributed by atoms with Crippen molar-refractivity contribution < 1.29 is 0 Å². The Labute approximate surface area is 166 Å². The zero-order chi connectivity index (χ0) is 19.0. The number of anilines is 1. The summed E-state index contributed by atoms with van der Waals surface area (Å²) in [6.45, 7) is 6.43. The highest BCUT2D eigenvalue weighted by molar-refractivity contribution is 5.82. The molecule has 28 heavy (non-hydrogen) atoms. The maximum absolute atomic E-state index is 4.69. The largest absolute Gasteiger partial charge is 0.361 e. The number of nitrogens with zero attached hydrogens (tertiary/aromatic N) is 4. The summed E-state index contributed by atoms with van der Waals surface area (Å²) in [6, 6.07) is 8.88. The van der Waals surface area contributed by atoms with Crippen molar-refractivity contribution in [2.24, 2.45) is 0 Å². The molecule has 1 N–H and O–H groups in total. The van der Waals surface area contributed by atoms with Crippen LogP contribution in [0.2, 0.25) is 0 Å². The van der Waals surface area contributed by atoms with Crippen LogP contribution in [-0.4, -0.2) is 45.0 Å². The van der Waals surface area contributed by atoms with E-state index in [1.807, 2.05) is 19.3 Å². The Morgan fingerprint density at radius 3 is 2.79 bits per heavy atom. The predicted octanol–water partition coefficient (Wildman–Crippen LogP) is 4.29. The maximum atomic E-state index is 4.69. The molecule has 0 aliphatic carbocycles. The van der Waals surface area contributed by atoms with Crippen LogP contribution in [0.15, 0.2) is 42.9 Å². The number of hydrogen-bond acceptors (Lipinski definition) is 4. The summed E-state index contributed by atoms with van der Waals surface area (Å²) < 4.78 is 0. The lowest BCUT2D eigenvalue weighted by Gasteiger charge is -2.52. The SMILES string of the molecule is Cc1cncc(N2CCC3(CCCCN3Cc3cccc4[nH]ccc34)CC2)n1. The molecular weight excluding hydrogens is 346 g/mol. The predicted molar refractivity (Wildman–Crippen MR) is 114 cm³/mol. The van der Waals surface area contributed by atoms with Gasteiger partial charge in [0.25, 0.3) is 0 Å². The van der Waals surface area contributed by atoms with Gasteiger partial charge in [0.15, 0.2) is 0 Å². The van der Waals surface area contributed by atoms with Gasteiger partial charge in [-0.1, -0.05) is 18.6 Å². The zero-order valence-electron chi connectivity index (χ0n) is 16.7. The number of aryl methyl sites for hydroxylation is 1. The first-order chi connectivity index (χ1) is 13.7. The molecule has 1 spiro atoms. The Morgan fingerprint density at radius 1 is 1.04 bits per heavy atom. The average Bonchev–Trinajstić information content (AvgIpc) is 3.20. The van der Waals surface area contributed by atoms with Crippen LogP contribution in [0.4, 0.5) is 5.82 Å². The van der Waals surface area contributed by atoms with Crippen molar-refractivity contribution in [1.29, 1.82) is 0 Å². The number of benzene rings is 1. The van der Waals surface area contributed by atoms with Gasteiger partial charge in [-0.15, -0.1) is 0 Å². The Kier molecular flexibility index (Phi) is 4.55. The minimum atomic E-state index is 0.338. The molecule has 4 heterocycles. The topological polar surface area (TPSA) is 48.1 Å².